The standard InChI is InChI=1S/C10H19NO/c1-9(2)4-3-6-11-7-5-10(12)8-11/h10,12H,1,3-8H2,2H3. The number of aliphatic hydroxyl groups is 1. The minimum atomic E-state index is -0.0742. The molecule has 1 N–H and O–H groups in total. The minimum absolute atomic E-state index is 0.0742. The normalized spacial score (nSPS) is 24.7. The van der Waals surface area contributed by atoms with Crippen LogP contribution in [0.5, 0.6) is 0 Å². The van der Waals surface area contributed by atoms with Crippen LogP contribution in [0.4, 0.5) is 0 Å². The molecule has 0 aromatic carbocycles. The number of aliphatic hydroxyl groups excluding tert-OH is 1. The molecule has 0 amide bonds. The number of rotatable bonds is 4. The van der Waals surface area contributed by atoms with E-state index in [1.165, 1.54) is 12.0 Å². The molecule has 1 aliphatic rings. The summed E-state index contributed by atoms with van der Waals surface area (Å²) in [7, 11) is 0. The molecule has 0 saturated carbocycles. The highest BCUT2D eigenvalue weighted by atomic mass is 16.3. The summed E-state index contributed by atoms with van der Waals surface area (Å²) in [6.07, 6.45) is 3.18. The number of hydrogen-bond acceptors (Lipinski definition) is 2. The van der Waals surface area contributed by atoms with Gasteiger partial charge in [-0.2, -0.15) is 0 Å². The van der Waals surface area contributed by atoms with Crippen molar-refractivity contribution in [2.75, 3.05) is 19.6 Å². The molecule has 1 fully saturated rings. The molecule has 12 heavy (non-hydrogen) atoms. The molecule has 2 nitrogen and oxygen atoms in total. The van der Waals surface area contributed by atoms with Gasteiger partial charge in [0, 0.05) is 13.1 Å². The second kappa shape index (κ2) is 4.63. The van der Waals surface area contributed by atoms with E-state index in [1.807, 2.05) is 0 Å². The SMILES string of the molecule is C=C(C)CCCN1CCC(O)C1. The first kappa shape index (κ1) is 9.75. The lowest BCUT2D eigenvalue weighted by Crippen LogP contribution is -2.23. The second-order valence-electron chi connectivity index (χ2n) is 3.80. The molecule has 0 radical (unpaired) electrons. The van der Waals surface area contributed by atoms with Crippen molar-refractivity contribution in [1.29, 1.82) is 0 Å². The Balaban J connectivity index is 2.04. The van der Waals surface area contributed by atoms with Crippen molar-refractivity contribution >= 4 is 0 Å². The lowest BCUT2D eigenvalue weighted by molar-refractivity contribution is 0.176. The molecule has 1 heterocycles. The quantitative estimate of drug-likeness (QED) is 0.643. The molecule has 0 aliphatic carbocycles. The molecule has 0 aromatic heterocycles. The lowest BCUT2D eigenvalue weighted by Gasteiger charge is -2.13. The predicted molar refractivity (Wildman–Crippen MR) is 51.1 cm³/mol. The van der Waals surface area contributed by atoms with Gasteiger partial charge in [0.25, 0.3) is 0 Å². The summed E-state index contributed by atoms with van der Waals surface area (Å²) >= 11 is 0. The third-order valence-corrected chi connectivity index (χ3v) is 2.33. The van der Waals surface area contributed by atoms with Crippen LogP contribution in [-0.4, -0.2) is 35.7 Å². The summed E-state index contributed by atoms with van der Waals surface area (Å²) in [5.41, 5.74) is 1.26. The lowest BCUT2D eigenvalue weighted by atomic mass is 10.2. The van der Waals surface area contributed by atoms with Gasteiger partial charge in [0.05, 0.1) is 6.10 Å². The van der Waals surface area contributed by atoms with Gasteiger partial charge in [0.2, 0.25) is 0 Å². The Morgan fingerprint density at radius 2 is 2.42 bits per heavy atom. The van der Waals surface area contributed by atoms with Crippen LogP contribution in [-0.2, 0) is 0 Å². The summed E-state index contributed by atoms with van der Waals surface area (Å²) in [5, 5.41) is 9.25. The van der Waals surface area contributed by atoms with Gasteiger partial charge >= 0.3 is 0 Å². The molecular weight excluding hydrogens is 150 g/mol. The van der Waals surface area contributed by atoms with Gasteiger partial charge in [-0.1, -0.05) is 5.57 Å². The zero-order valence-corrected chi connectivity index (χ0v) is 7.92. The van der Waals surface area contributed by atoms with Gasteiger partial charge in [-0.15, -0.1) is 6.58 Å². The highest BCUT2D eigenvalue weighted by molar-refractivity contribution is 4.88. The maximum atomic E-state index is 9.25. The molecule has 1 aliphatic heterocycles. The van der Waals surface area contributed by atoms with Crippen molar-refractivity contribution < 1.29 is 5.11 Å². The molecule has 1 saturated heterocycles. The van der Waals surface area contributed by atoms with E-state index >= 15 is 0 Å². The Labute approximate surface area is 74.9 Å². The summed E-state index contributed by atoms with van der Waals surface area (Å²) in [6.45, 7) is 8.99. The third kappa shape index (κ3) is 3.37. The highest BCUT2D eigenvalue weighted by Gasteiger charge is 2.18. The van der Waals surface area contributed by atoms with E-state index in [4.69, 9.17) is 0 Å². The number of β-amino-alcohol motifs (C(OH)–C–C–N with tert-alkyl or cyclic N) is 1. The first-order chi connectivity index (χ1) is 5.68. The van der Waals surface area contributed by atoms with Crippen LogP contribution < -0.4 is 0 Å². The zero-order chi connectivity index (χ0) is 8.97. The van der Waals surface area contributed by atoms with Gasteiger partial charge in [0.1, 0.15) is 0 Å². The largest absolute Gasteiger partial charge is 0.392 e. The van der Waals surface area contributed by atoms with Crippen LogP contribution in [0.2, 0.25) is 0 Å². The Morgan fingerprint density at radius 1 is 1.67 bits per heavy atom. The average molecular weight is 169 g/mol. The van der Waals surface area contributed by atoms with Crippen LogP contribution in [0, 0.1) is 0 Å². The molecule has 2 heteroatoms. The van der Waals surface area contributed by atoms with Gasteiger partial charge in [0.15, 0.2) is 0 Å². The van der Waals surface area contributed by atoms with E-state index in [0.717, 1.165) is 32.5 Å². The zero-order valence-electron chi connectivity index (χ0n) is 7.92. The molecule has 0 aromatic rings. The molecular formula is C10H19NO. The van der Waals surface area contributed by atoms with Crippen LogP contribution in [0.1, 0.15) is 26.2 Å². The maximum absolute atomic E-state index is 9.25. The maximum Gasteiger partial charge on any atom is 0.0679 e. The van der Waals surface area contributed by atoms with Crippen molar-refractivity contribution in [3.63, 3.8) is 0 Å². The fraction of sp³-hybridized carbons (Fsp3) is 0.800. The van der Waals surface area contributed by atoms with Gasteiger partial charge < -0.3 is 10.0 Å². The summed E-state index contributed by atoms with van der Waals surface area (Å²) in [4.78, 5) is 2.33. The van der Waals surface area contributed by atoms with Crippen molar-refractivity contribution in [2.45, 2.75) is 32.3 Å². The Hall–Kier alpha value is -0.340. The van der Waals surface area contributed by atoms with E-state index in [9.17, 15) is 5.11 Å². The Morgan fingerprint density at radius 3 is 2.92 bits per heavy atom. The molecule has 1 unspecified atom stereocenters. The number of allylic oxidation sites excluding steroid dienone is 1. The van der Waals surface area contributed by atoms with Crippen LogP contribution in [0.3, 0.4) is 0 Å². The Bertz CT molecular complexity index is 156. The minimum Gasteiger partial charge on any atom is -0.392 e. The first-order valence-electron chi connectivity index (χ1n) is 4.73. The third-order valence-electron chi connectivity index (χ3n) is 2.33. The molecule has 0 spiro atoms. The average Bonchev–Trinajstić information content (AvgIpc) is 2.35. The second-order valence-corrected chi connectivity index (χ2v) is 3.80. The van der Waals surface area contributed by atoms with Crippen LogP contribution in [0.15, 0.2) is 12.2 Å². The number of likely N-dealkylation sites (tertiary alicyclic amines) is 1. The number of hydrogen-bond donors (Lipinski definition) is 1. The van der Waals surface area contributed by atoms with Gasteiger partial charge in [-0.3, -0.25) is 0 Å². The van der Waals surface area contributed by atoms with Crippen molar-refractivity contribution in [2.24, 2.45) is 0 Å². The predicted octanol–water partition coefficient (Wildman–Crippen LogP) is 1.41. The van der Waals surface area contributed by atoms with Crippen LogP contribution >= 0.6 is 0 Å². The first-order valence-corrected chi connectivity index (χ1v) is 4.73. The molecule has 1 rings (SSSR count). The van der Waals surface area contributed by atoms with Gasteiger partial charge in [-0.25, -0.2) is 0 Å². The molecule has 70 valence electrons. The smallest absolute Gasteiger partial charge is 0.0679 e. The monoisotopic (exact) mass is 169 g/mol. The van der Waals surface area contributed by atoms with E-state index in [-0.39, 0.29) is 6.10 Å². The van der Waals surface area contributed by atoms with Crippen molar-refractivity contribution in [3.8, 4) is 0 Å². The highest BCUT2D eigenvalue weighted by Crippen LogP contribution is 2.10. The van der Waals surface area contributed by atoms with Gasteiger partial charge in [-0.05, 0) is 32.7 Å². The molecule has 1 atom stereocenters. The number of nitrogens with zero attached hydrogens (tertiary/aromatic N) is 1. The summed E-state index contributed by atoms with van der Waals surface area (Å²) in [5.74, 6) is 0. The molecule has 0 bridgehead atoms. The summed E-state index contributed by atoms with van der Waals surface area (Å²) in [6, 6.07) is 0. The fourth-order valence-electron chi connectivity index (χ4n) is 1.62. The van der Waals surface area contributed by atoms with E-state index in [0.29, 0.717) is 0 Å². The Kier molecular flexibility index (Phi) is 3.76. The fourth-order valence-corrected chi connectivity index (χ4v) is 1.62. The van der Waals surface area contributed by atoms with Crippen LogP contribution in [0.25, 0.3) is 0 Å². The van der Waals surface area contributed by atoms with E-state index < -0.39 is 0 Å². The van der Waals surface area contributed by atoms with Crippen molar-refractivity contribution in [1.82, 2.24) is 4.90 Å². The summed E-state index contributed by atoms with van der Waals surface area (Å²) < 4.78 is 0. The van der Waals surface area contributed by atoms with E-state index in [2.05, 4.69) is 18.4 Å². The topological polar surface area (TPSA) is 23.5 Å². The van der Waals surface area contributed by atoms with Crippen molar-refractivity contribution in [3.05, 3.63) is 12.2 Å². The van der Waals surface area contributed by atoms with E-state index in [1.54, 1.807) is 0 Å².